The molecule has 2 fully saturated rings. The van der Waals surface area contributed by atoms with Crippen LogP contribution in [-0.4, -0.2) is 33.4 Å². The quantitative estimate of drug-likeness (QED) is 0.717. The van der Waals surface area contributed by atoms with Crippen LogP contribution in [0.3, 0.4) is 0 Å². The van der Waals surface area contributed by atoms with Crippen molar-refractivity contribution in [3.05, 3.63) is 66.4 Å². The van der Waals surface area contributed by atoms with Gasteiger partial charge in [0.2, 0.25) is 5.91 Å². The average molecular weight is 403 g/mol. The smallest absolute Gasteiger partial charge is 0.247 e. The first-order valence-electron chi connectivity index (χ1n) is 10.2. The molecule has 1 unspecified atom stereocenters. The summed E-state index contributed by atoms with van der Waals surface area (Å²) >= 11 is 0. The van der Waals surface area contributed by atoms with Gasteiger partial charge in [0.1, 0.15) is 11.9 Å². The number of anilines is 2. The van der Waals surface area contributed by atoms with Gasteiger partial charge in [0.05, 0.1) is 12.4 Å². The summed E-state index contributed by atoms with van der Waals surface area (Å²) in [4.78, 5) is 28.0. The lowest BCUT2D eigenvalue weighted by atomic mass is 10.0. The highest BCUT2D eigenvalue weighted by Crippen LogP contribution is 2.48. The topological polar surface area (TPSA) is 71.0 Å². The van der Waals surface area contributed by atoms with E-state index in [1.54, 1.807) is 6.20 Å². The average Bonchev–Trinajstić information content (AvgIpc) is 3.54. The van der Waals surface area contributed by atoms with E-state index in [1.165, 1.54) is 6.42 Å². The highest BCUT2D eigenvalue weighted by Gasteiger charge is 2.48. The number of aryl methyl sites for hydroxylation is 1. The van der Waals surface area contributed by atoms with Gasteiger partial charge in [-0.25, -0.2) is 19.3 Å². The van der Waals surface area contributed by atoms with E-state index in [-0.39, 0.29) is 11.9 Å². The summed E-state index contributed by atoms with van der Waals surface area (Å²) in [5, 5.41) is 3.06. The minimum absolute atomic E-state index is 0.0409. The Labute approximate surface area is 174 Å². The molecule has 1 saturated heterocycles. The van der Waals surface area contributed by atoms with E-state index < -0.39 is 5.82 Å². The molecule has 1 saturated carbocycles. The first-order valence-corrected chi connectivity index (χ1v) is 10.2. The molecular formula is C23H22FN5O. The second-order valence-corrected chi connectivity index (χ2v) is 8.09. The minimum atomic E-state index is -0.480. The first kappa shape index (κ1) is 18.7. The number of halogens is 1. The lowest BCUT2D eigenvalue weighted by Gasteiger charge is -2.35. The molecule has 3 atom stereocenters. The zero-order chi connectivity index (χ0) is 20.7. The number of benzene rings is 1. The molecule has 1 N–H and O–H groups in total. The maximum atomic E-state index is 13.2. The van der Waals surface area contributed by atoms with Crippen LogP contribution in [-0.2, 0) is 4.79 Å². The molecule has 1 aliphatic carbocycles. The Morgan fingerprint density at radius 2 is 1.93 bits per heavy atom. The summed E-state index contributed by atoms with van der Waals surface area (Å²) < 4.78 is 13.2. The Bertz CT molecular complexity index is 1070. The van der Waals surface area contributed by atoms with Gasteiger partial charge in [-0.05, 0) is 61.4 Å². The highest BCUT2D eigenvalue weighted by atomic mass is 19.1. The summed E-state index contributed by atoms with van der Waals surface area (Å²) in [5.74, 6) is 2.04. The Kier molecular flexibility index (Phi) is 4.65. The summed E-state index contributed by atoms with van der Waals surface area (Å²) in [6.07, 6.45) is 6.08. The van der Waals surface area contributed by atoms with Gasteiger partial charge in [0.25, 0.3) is 0 Å². The van der Waals surface area contributed by atoms with Crippen molar-refractivity contribution in [3.8, 4) is 11.4 Å². The van der Waals surface area contributed by atoms with Gasteiger partial charge in [-0.2, -0.15) is 0 Å². The second-order valence-electron chi connectivity index (χ2n) is 8.09. The fourth-order valence-electron chi connectivity index (χ4n) is 4.26. The maximum absolute atomic E-state index is 13.2. The van der Waals surface area contributed by atoms with Crippen molar-refractivity contribution >= 4 is 17.4 Å². The van der Waals surface area contributed by atoms with Gasteiger partial charge in [-0.15, -0.1) is 0 Å². The number of hydrogen-bond donors (Lipinski definition) is 1. The van der Waals surface area contributed by atoms with Crippen LogP contribution in [0.5, 0.6) is 0 Å². The molecule has 5 rings (SSSR count). The molecule has 2 aromatic heterocycles. The summed E-state index contributed by atoms with van der Waals surface area (Å²) in [6.45, 7) is 2.80. The van der Waals surface area contributed by atoms with E-state index in [2.05, 4.69) is 25.2 Å². The number of rotatable bonds is 4. The molecule has 6 nitrogen and oxygen atoms in total. The van der Waals surface area contributed by atoms with Crippen molar-refractivity contribution in [1.82, 2.24) is 15.0 Å². The number of amides is 1. The molecule has 1 aromatic carbocycles. The predicted octanol–water partition coefficient (Wildman–Crippen LogP) is 3.84. The number of hydrogen-bond acceptors (Lipinski definition) is 5. The van der Waals surface area contributed by atoms with Crippen LogP contribution in [0.2, 0.25) is 0 Å². The number of piperidine rings is 1. The fraction of sp³-hybridized carbons (Fsp3) is 0.304. The third-order valence-corrected chi connectivity index (χ3v) is 6.02. The van der Waals surface area contributed by atoms with Crippen LogP contribution in [0, 0.1) is 24.6 Å². The van der Waals surface area contributed by atoms with Crippen LogP contribution < -0.4 is 10.2 Å². The zero-order valence-corrected chi connectivity index (χ0v) is 16.6. The van der Waals surface area contributed by atoms with Crippen molar-refractivity contribution in [2.24, 2.45) is 11.8 Å². The summed E-state index contributed by atoms with van der Waals surface area (Å²) in [6, 6.07) is 11.2. The Morgan fingerprint density at radius 3 is 2.70 bits per heavy atom. The molecule has 1 aliphatic heterocycles. The monoisotopic (exact) mass is 403 g/mol. The number of nitrogens with one attached hydrogen (secondary N) is 1. The second kappa shape index (κ2) is 7.48. The van der Waals surface area contributed by atoms with Gasteiger partial charge in [0, 0.05) is 24.0 Å². The summed E-state index contributed by atoms with van der Waals surface area (Å²) in [5.41, 5.74) is 2.39. The fourth-order valence-corrected chi connectivity index (χ4v) is 4.26. The van der Waals surface area contributed by atoms with Gasteiger partial charge in [-0.1, -0.05) is 12.1 Å². The molecule has 0 radical (unpaired) electrons. The molecule has 2 aliphatic rings. The summed E-state index contributed by atoms with van der Waals surface area (Å²) in [7, 11) is 0. The minimum Gasteiger partial charge on any atom is -0.344 e. The van der Waals surface area contributed by atoms with E-state index in [0.29, 0.717) is 23.3 Å². The van der Waals surface area contributed by atoms with Gasteiger partial charge < -0.3 is 10.2 Å². The van der Waals surface area contributed by atoms with Crippen LogP contribution in [0.25, 0.3) is 11.4 Å². The number of nitrogens with zero attached hydrogens (tertiary/aromatic N) is 4. The van der Waals surface area contributed by atoms with Gasteiger partial charge >= 0.3 is 0 Å². The number of carbonyl (C=O) groups is 1. The zero-order valence-electron chi connectivity index (χ0n) is 16.6. The van der Waals surface area contributed by atoms with E-state index in [1.807, 2.05) is 43.3 Å². The molecule has 3 aromatic rings. The third kappa shape index (κ3) is 3.63. The van der Waals surface area contributed by atoms with E-state index in [0.717, 1.165) is 42.3 Å². The Balaban J connectivity index is 1.39. The Morgan fingerprint density at radius 1 is 1.10 bits per heavy atom. The molecular weight excluding hydrogens is 381 g/mol. The molecule has 3 heterocycles. The third-order valence-electron chi connectivity index (χ3n) is 6.02. The number of aromatic nitrogens is 3. The lowest BCUT2D eigenvalue weighted by molar-refractivity contribution is -0.118. The standard InChI is InChI=1S/C23H22FN5O/c1-14-5-6-18(10-19(14)22-26-11-17(24)12-27-22)28-23(30)20-9-15-8-16(15)13-29(20)21-4-2-3-7-25-21/h2-7,10-12,15-16,20H,8-9,13H2,1H3,(H,28,30)/t15-,16?,20-/m1/s1. The van der Waals surface area contributed by atoms with E-state index in [4.69, 9.17) is 0 Å². The Hall–Kier alpha value is -3.35. The molecule has 0 bridgehead atoms. The van der Waals surface area contributed by atoms with Crippen LogP contribution in [0.15, 0.2) is 55.0 Å². The molecule has 152 valence electrons. The SMILES string of the molecule is Cc1ccc(NC(=O)[C@H]2C[C@H]3CC3CN2c2ccccn2)cc1-c1ncc(F)cn1. The largest absolute Gasteiger partial charge is 0.344 e. The number of fused-ring (bicyclic) bond motifs is 1. The van der Waals surface area contributed by atoms with Crippen LogP contribution in [0.1, 0.15) is 18.4 Å². The molecule has 7 heteroatoms. The highest BCUT2D eigenvalue weighted by molar-refractivity contribution is 5.97. The van der Waals surface area contributed by atoms with Crippen LogP contribution in [0.4, 0.5) is 15.9 Å². The molecule has 1 amide bonds. The number of pyridine rings is 1. The number of carbonyl (C=O) groups excluding carboxylic acids is 1. The normalized spacial score (nSPS) is 22.3. The van der Waals surface area contributed by atoms with Crippen molar-refractivity contribution in [1.29, 1.82) is 0 Å². The van der Waals surface area contributed by atoms with E-state index in [9.17, 15) is 9.18 Å². The molecule has 30 heavy (non-hydrogen) atoms. The van der Waals surface area contributed by atoms with Crippen molar-refractivity contribution in [3.63, 3.8) is 0 Å². The van der Waals surface area contributed by atoms with E-state index >= 15 is 0 Å². The van der Waals surface area contributed by atoms with Crippen molar-refractivity contribution in [2.75, 3.05) is 16.8 Å². The predicted molar refractivity (Wildman–Crippen MR) is 112 cm³/mol. The lowest BCUT2D eigenvalue weighted by Crippen LogP contribution is -2.48. The maximum Gasteiger partial charge on any atom is 0.247 e. The van der Waals surface area contributed by atoms with Crippen LogP contribution >= 0.6 is 0 Å². The molecule has 0 spiro atoms. The van der Waals surface area contributed by atoms with Gasteiger partial charge in [0.15, 0.2) is 11.6 Å². The first-order chi connectivity index (χ1) is 14.6. The van der Waals surface area contributed by atoms with Crippen molar-refractivity contribution < 1.29 is 9.18 Å². The van der Waals surface area contributed by atoms with Gasteiger partial charge in [-0.3, -0.25) is 4.79 Å². The van der Waals surface area contributed by atoms with Crippen molar-refractivity contribution in [2.45, 2.75) is 25.8 Å².